The fourth-order valence-electron chi connectivity index (χ4n) is 3.32. The number of thiazole rings is 2. The first-order valence-electron chi connectivity index (χ1n) is 11.1. The number of hydrogen-bond acceptors (Lipinski definition) is 8. The number of alkyl halides is 6. The zero-order valence-corrected chi connectivity index (χ0v) is 24.4. The zero-order chi connectivity index (χ0) is 31.6. The number of aromatic nitrogens is 2. The van der Waals surface area contributed by atoms with Crippen LogP contribution in [0.1, 0.15) is 25.2 Å². The monoisotopic (exact) mass is 691 g/mol. The van der Waals surface area contributed by atoms with Crippen LogP contribution in [0.5, 0.6) is 0 Å². The second-order valence-electron chi connectivity index (χ2n) is 8.24. The van der Waals surface area contributed by atoms with Crippen molar-refractivity contribution in [2.75, 3.05) is 0 Å². The van der Waals surface area contributed by atoms with Gasteiger partial charge in [-0.15, -0.1) is 22.7 Å². The van der Waals surface area contributed by atoms with E-state index in [1.54, 1.807) is 13.8 Å². The summed E-state index contributed by atoms with van der Waals surface area (Å²) in [7, 11) is 7.03. The molecule has 2 aromatic heterocycles. The Morgan fingerprint density at radius 3 is 1.30 bits per heavy atom. The summed E-state index contributed by atoms with van der Waals surface area (Å²) in [4.78, 5) is 28.7. The smallest absolute Gasteiger partial charge is 0.520 e. The number of hydrogen-bond donors (Lipinski definition) is 2. The summed E-state index contributed by atoms with van der Waals surface area (Å²) >= 11 is 1.38. The van der Waals surface area contributed by atoms with E-state index in [1.165, 1.54) is 12.2 Å². The molecule has 0 bridgehead atoms. The average molecular weight is 692 g/mol. The van der Waals surface area contributed by atoms with Crippen molar-refractivity contribution in [3.05, 3.63) is 92.8 Å². The number of allylic oxidation sites excluding steroid dienone is 6. The quantitative estimate of drug-likeness (QED) is 0.163. The number of carbonyl (C=O) groups is 2. The molecule has 0 spiro atoms. The number of aliphatic hydroxyl groups is 2. The van der Waals surface area contributed by atoms with E-state index in [9.17, 15) is 46.1 Å². The van der Waals surface area contributed by atoms with Gasteiger partial charge in [-0.2, -0.15) is 26.3 Å². The molecule has 43 heavy (non-hydrogen) atoms. The largest absolute Gasteiger partial charge is 3.00 e. The minimum absolute atomic E-state index is 0. The molecule has 2 heterocycles. The average Bonchev–Trinajstić information content (AvgIpc) is 3.48. The maximum atomic E-state index is 12.4. The molecule has 0 fully saturated rings. The van der Waals surface area contributed by atoms with Crippen molar-refractivity contribution in [1.29, 1.82) is 0 Å². The molecule has 0 aliphatic heterocycles. The van der Waals surface area contributed by atoms with Gasteiger partial charge in [-0.3, -0.25) is 9.59 Å². The molecule has 19 heteroatoms. The summed E-state index contributed by atoms with van der Waals surface area (Å²) in [6.45, 7) is 3.10. The van der Waals surface area contributed by atoms with Gasteiger partial charge in [0.2, 0.25) is 0 Å². The zero-order valence-electron chi connectivity index (χ0n) is 21.7. The Morgan fingerprint density at radius 1 is 0.721 bits per heavy atom. The van der Waals surface area contributed by atoms with Gasteiger partial charge in [-0.25, -0.2) is 10.2 Å². The number of halogens is 6. The summed E-state index contributed by atoms with van der Waals surface area (Å²) in [6, 6.07) is 0. The second kappa shape index (κ2) is 13.5. The van der Waals surface area contributed by atoms with Crippen LogP contribution in [-0.4, -0.2) is 42.6 Å². The topological polar surface area (TPSA) is 134 Å². The molecule has 2 aromatic rings. The molecular weight excluding hydrogens is 673 g/mol. The first kappa shape index (κ1) is 35.1. The van der Waals surface area contributed by atoms with Crippen LogP contribution in [0.3, 0.4) is 0 Å². The van der Waals surface area contributed by atoms with Crippen LogP contribution in [0.25, 0.3) is 0 Å². The third-order valence-electron chi connectivity index (χ3n) is 5.00. The molecule has 0 aromatic carbocycles. The number of aliphatic hydroxyl groups excluding tert-OH is 2. The molecule has 0 unspecified atom stereocenters. The van der Waals surface area contributed by atoms with E-state index in [4.69, 9.17) is 0 Å². The Kier molecular flexibility index (Phi) is 11.0. The van der Waals surface area contributed by atoms with Crippen molar-refractivity contribution in [2.24, 2.45) is 10.2 Å². The molecule has 2 aliphatic rings. The second-order valence-corrected chi connectivity index (χ2v) is 9.91. The predicted molar refractivity (Wildman–Crippen MR) is 137 cm³/mol. The van der Waals surface area contributed by atoms with E-state index in [1.807, 2.05) is 0 Å². The van der Waals surface area contributed by atoms with E-state index < -0.39 is 35.3 Å². The Balaban J connectivity index is 0.000000293. The van der Waals surface area contributed by atoms with Gasteiger partial charge in [0.05, 0.1) is 21.0 Å². The van der Waals surface area contributed by atoms with Gasteiger partial charge in [0.25, 0.3) is 0 Å². The Labute approximate surface area is 256 Å². The Morgan fingerprint density at radius 2 is 1.05 bits per heavy atom. The van der Waals surface area contributed by atoms with Crippen molar-refractivity contribution in [2.45, 2.75) is 26.2 Å². The van der Waals surface area contributed by atoms with Crippen LogP contribution in [0.2, 0.25) is 0 Å². The van der Waals surface area contributed by atoms with Crippen LogP contribution < -0.4 is 19.6 Å². The van der Waals surface area contributed by atoms with E-state index in [2.05, 4.69) is 34.3 Å². The predicted octanol–water partition coefficient (Wildman–Crippen LogP) is 3.51. The van der Waals surface area contributed by atoms with Gasteiger partial charge in [0.15, 0.2) is 11.6 Å². The molecule has 0 amide bonds. The molecule has 2 aliphatic carbocycles. The minimum atomic E-state index is -4.54. The molecule has 4 rings (SSSR count). The van der Waals surface area contributed by atoms with Crippen LogP contribution in [0.4, 0.5) is 26.3 Å². The van der Waals surface area contributed by atoms with E-state index in [0.717, 1.165) is 32.3 Å². The fraction of sp³-hybridized carbons (Fsp3) is 0.167. The maximum absolute atomic E-state index is 12.4. The van der Waals surface area contributed by atoms with Crippen LogP contribution in [-0.2, 0) is 38.7 Å². The van der Waals surface area contributed by atoms with Gasteiger partial charge in [0.1, 0.15) is 22.9 Å². The number of carbonyl (C=O) groups excluding carboxylic acids is 2. The van der Waals surface area contributed by atoms with Gasteiger partial charge >= 0.3 is 29.1 Å². The fourth-order valence-corrected chi connectivity index (χ4v) is 4.72. The van der Waals surface area contributed by atoms with Crippen molar-refractivity contribution in [3.63, 3.8) is 0 Å². The number of nitrogens with zero attached hydrogens (tertiary/aromatic N) is 6. The maximum Gasteiger partial charge on any atom is 3.00 e. The van der Waals surface area contributed by atoms with Crippen LogP contribution in [0, 0.1) is 14.1 Å². The molecular formula is C24H18CoF6N6O4S2+. The van der Waals surface area contributed by atoms with E-state index in [-0.39, 0.29) is 49.3 Å². The van der Waals surface area contributed by atoms with Crippen molar-refractivity contribution in [1.82, 2.24) is 9.97 Å². The van der Waals surface area contributed by atoms with Crippen molar-refractivity contribution in [3.8, 4) is 0 Å². The number of ketones is 2. The molecule has 2 N–H and O–H groups in total. The van der Waals surface area contributed by atoms with Crippen LogP contribution in [0.15, 0.2) is 67.9 Å². The SMILES string of the molecule is [CH2-][N+](/N=c1\[n-]c(C(F)(F)F)cs1)=C1/C(C)=CC(=O)C=C1O.[CH2-][N+](/N=c1\[n-]c(C(F)(F)F)cs1)=C1/C(C)=CC(=O)C=C1O.[Co+3]. The summed E-state index contributed by atoms with van der Waals surface area (Å²) in [5.41, 5.74) is -1.06. The Hall–Kier alpha value is -4.07. The van der Waals surface area contributed by atoms with Gasteiger partial charge in [-0.05, 0) is 22.9 Å². The third-order valence-corrected chi connectivity index (χ3v) is 6.45. The van der Waals surface area contributed by atoms with Gasteiger partial charge < -0.3 is 29.6 Å². The molecule has 10 nitrogen and oxygen atoms in total. The third kappa shape index (κ3) is 8.96. The van der Waals surface area contributed by atoms with Crippen LogP contribution >= 0.6 is 22.7 Å². The summed E-state index contributed by atoms with van der Waals surface area (Å²) in [5, 5.41) is 28.7. The molecule has 0 saturated carbocycles. The van der Waals surface area contributed by atoms with Gasteiger partial charge in [-0.1, -0.05) is 25.0 Å². The summed E-state index contributed by atoms with van der Waals surface area (Å²) < 4.78 is 76.5. The molecule has 0 radical (unpaired) electrons. The Bertz CT molecular complexity index is 1590. The minimum Gasteiger partial charge on any atom is -0.520 e. The van der Waals surface area contributed by atoms with Gasteiger partial charge in [0, 0.05) is 26.2 Å². The summed E-state index contributed by atoms with van der Waals surface area (Å²) in [6.07, 6.45) is -4.63. The summed E-state index contributed by atoms with van der Waals surface area (Å²) in [5.74, 6) is -1.50. The van der Waals surface area contributed by atoms with E-state index in [0.29, 0.717) is 33.8 Å². The van der Waals surface area contributed by atoms with Crippen molar-refractivity contribution < 1.29 is 72.3 Å². The first-order chi connectivity index (χ1) is 19.4. The molecule has 0 atom stereocenters. The number of rotatable bonds is 2. The normalized spacial score (nSPS) is 19.0. The molecule has 0 saturated heterocycles. The standard InChI is InChI=1S/2C12H10F3N3O2S.Co/c2*1-6-3-7(19)4-8(20)10(6)18(2)17-11-16-9(5-21-11)12(13,14)15;/h2*3-5H,2H2,1H3,(H2,16,17,19,20);/q;;+3/p-2. The molecule has 230 valence electrons. The van der Waals surface area contributed by atoms with Crippen molar-refractivity contribution >= 4 is 45.7 Å². The first-order valence-corrected chi connectivity index (χ1v) is 12.8. The van der Waals surface area contributed by atoms with E-state index >= 15 is 0 Å².